The molecule has 0 aromatic heterocycles. The van der Waals surface area contributed by atoms with Crippen molar-refractivity contribution >= 4 is 11.5 Å². The van der Waals surface area contributed by atoms with Crippen LogP contribution in [0, 0.1) is 0 Å². The highest BCUT2D eigenvalue weighted by Gasteiger charge is 1.80. The molecule has 0 aromatic rings. The van der Waals surface area contributed by atoms with E-state index in [9.17, 15) is 3.89 Å². The first-order valence-electron chi connectivity index (χ1n) is 0.896. The summed E-state index contributed by atoms with van der Waals surface area (Å²) in [6, 6.07) is 0. The van der Waals surface area contributed by atoms with Crippen LogP contribution in [0.5, 0.6) is 0 Å². The molecule has 3 N–H and O–H groups in total. The summed E-state index contributed by atoms with van der Waals surface area (Å²) in [5, 5.41) is 0. The van der Waals surface area contributed by atoms with Crippen molar-refractivity contribution in [3.8, 4) is 0 Å². The zero-order chi connectivity index (χ0) is 4.28. The van der Waals surface area contributed by atoms with E-state index in [1.165, 1.54) is 0 Å². The fraction of sp³-hybridized carbons (Fsp3) is 1.00. The molecule has 0 heterocycles. The predicted octanol–water partition coefficient (Wildman–Crippen LogP) is 0.979. The lowest BCUT2D eigenvalue weighted by molar-refractivity contribution is 0.416. The van der Waals surface area contributed by atoms with Crippen molar-refractivity contribution in [2.24, 2.45) is 0 Å². The lowest BCUT2D eigenvalue weighted by atomic mass is 11.8. The minimum absolute atomic E-state index is 0. The Morgan fingerprint density at radius 1 is 1.71 bits per heavy atom. The van der Waals surface area contributed by atoms with Crippen LogP contribution >= 0.6 is 0 Å². The number of halogens is 1. The Bertz CT molecular complexity index is 51.0. The van der Waals surface area contributed by atoms with Crippen LogP contribution in [0.4, 0.5) is 3.89 Å². The summed E-state index contributed by atoms with van der Waals surface area (Å²) in [7, 11) is 1.02. The van der Waals surface area contributed by atoms with Gasteiger partial charge in [0.05, 0.1) is 7.11 Å². The first kappa shape index (κ1) is 15.8. The van der Waals surface area contributed by atoms with Crippen LogP contribution < -0.4 is 6.15 Å². The lowest BCUT2D eigenvalue weighted by Crippen LogP contribution is -1.76. The Hall–Kier alpha value is -0.0000000000000000208. The van der Waals surface area contributed by atoms with Crippen LogP contribution in [0.2, 0.25) is 0 Å². The molecular weight excluding hydrogens is 121 g/mol. The number of hydrogen-bond acceptors (Lipinski definition) is 3. The minimum atomic E-state index is -2.57. The average Bonchev–Trinajstić information content (AvgIpc) is 1.38. The standard InChI is InChI=1S/CH3FO2S.CH4.H3N/c1-4-5(2)3;;/h1H3;1H4;1H3. The zero-order valence-corrected chi connectivity index (χ0v) is 4.13. The molecule has 48 valence electrons. The molecule has 0 spiro atoms. The van der Waals surface area contributed by atoms with Crippen molar-refractivity contribution in [2.45, 2.75) is 7.43 Å². The highest BCUT2D eigenvalue weighted by Crippen LogP contribution is 1.75. The summed E-state index contributed by atoms with van der Waals surface area (Å²) in [5.74, 6) is 0. The van der Waals surface area contributed by atoms with E-state index in [0.717, 1.165) is 7.11 Å². The maximum atomic E-state index is 10.7. The van der Waals surface area contributed by atoms with Crippen LogP contribution in [-0.2, 0) is 15.6 Å². The normalized spacial score (nSPS) is 10.6. The monoisotopic (exact) mass is 131 g/mol. The van der Waals surface area contributed by atoms with Crippen LogP contribution in [0.3, 0.4) is 0 Å². The van der Waals surface area contributed by atoms with E-state index in [-0.39, 0.29) is 13.6 Å². The van der Waals surface area contributed by atoms with Crippen LogP contribution in [0.15, 0.2) is 0 Å². The summed E-state index contributed by atoms with van der Waals surface area (Å²) in [4.78, 5) is 0. The van der Waals surface area contributed by atoms with E-state index < -0.39 is 11.5 Å². The Balaban J connectivity index is -0.0000000800. The molecule has 3 nitrogen and oxygen atoms in total. The molecule has 1 atom stereocenters. The van der Waals surface area contributed by atoms with E-state index in [1.54, 1.807) is 0 Å². The molecule has 0 aromatic carbocycles. The second-order valence-electron chi connectivity index (χ2n) is 0.361. The molecule has 0 aliphatic heterocycles. The molecule has 5 heteroatoms. The van der Waals surface area contributed by atoms with Gasteiger partial charge in [0.25, 0.3) is 0 Å². The second-order valence-corrected chi connectivity index (χ2v) is 1.08. The molecule has 0 aliphatic rings. The average molecular weight is 131 g/mol. The first-order chi connectivity index (χ1) is 2.27. The van der Waals surface area contributed by atoms with Gasteiger partial charge in [0.15, 0.2) is 0 Å². The summed E-state index contributed by atoms with van der Waals surface area (Å²) >= 11 is -2.57. The highest BCUT2D eigenvalue weighted by atomic mass is 32.2. The summed E-state index contributed by atoms with van der Waals surface area (Å²) in [5.41, 5.74) is 0. The Labute approximate surface area is 45.4 Å². The quantitative estimate of drug-likeness (QED) is 0.539. The SMILES string of the molecule is C.COS(=O)F.N. The van der Waals surface area contributed by atoms with E-state index in [1.807, 2.05) is 0 Å². The maximum Gasteiger partial charge on any atom is 0.344 e. The molecule has 0 aliphatic carbocycles. The molecule has 0 bridgehead atoms. The molecule has 1 unspecified atom stereocenters. The predicted molar refractivity (Wildman–Crippen MR) is 28.0 cm³/mol. The first-order valence-corrected chi connectivity index (χ1v) is 1.87. The van der Waals surface area contributed by atoms with Gasteiger partial charge in [0.1, 0.15) is 0 Å². The smallest absolute Gasteiger partial charge is 0.344 e. The van der Waals surface area contributed by atoms with Crippen LogP contribution in [-0.4, -0.2) is 11.3 Å². The Morgan fingerprint density at radius 2 is 1.86 bits per heavy atom. The van der Waals surface area contributed by atoms with E-state index >= 15 is 0 Å². The molecule has 0 radical (unpaired) electrons. The maximum absolute atomic E-state index is 10.7. The van der Waals surface area contributed by atoms with Gasteiger partial charge in [-0.3, -0.25) is 4.18 Å². The largest absolute Gasteiger partial charge is 0.344 e. The van der Waals surface area contributed by atoms with Crippen molar-refractivity contribution in [3.05, 3.63) is 0 Å². The third-order valence-corrected chi connectivity index (χ3v) is 0.393. The summed E-state index contributed by atoms with van der Waals surface area (Å²) in [6.45, 7) is 0. The molecule has 0 amide bonds. The second kappa shape index (κ2) is 9.38. The van der Waals surface area contributed by atoms with Crippen molar-refractivity contribution in [2.75, 3.05) is 7.11 Å². The van der Waals surface area contributed by atoms with Gasteiger partial charge in [-0.05, 0) is 0 Å². The van der Waals surface area contributed by atoms with Gasteiger partial charge in [-0.2, -0.15) is 4.21 Å². The van der Waals surface area contributed by atoms with Gasteiger partial charge in [-0.25, -0.2) is 0 Å². The van der Waals surface area contributed by atoms with E-state index in [4.69, 9.17) is 4.21 Å². The van der Waals surface area contributed by atoms with Gasteiger partial charge in [-0.1, -0.05) is 7.43 Å². The minimum Gasteiger partial charge on any atom is -0.344 e. The number of hydrogen-bond donors (Lipinski definition) is 1. The molecule has 7 heavy (non-hydrogen) atoms. The lowest BCUT2D eigenvalue weighted by Gasteiger charge is -1.72. The van der Waals surface area contributed by atoms with Crippen molar-refractivity contribution in [3.63, 3.8) is 0 Å². The van der Waals surface area contributed by atoms with Crippen molar-refractivity contribution in [1.29, 1.82) is 0 Å². The van der Waals surface area contributed by atoms with Gasteiger partial charge >= 0.3 is 11.5 Å². The van der Waals surface area contributed by atoms with E-state index in [0.29, 0.717) is 0 Å². The highest BCUT2D eigenvalue weighted by molar-refractivity contribution is 7.74. The third-order valence-electron chi connectivity index (χ3n) is 0.131. The van der Waals surface area contributed by atoms with Crippen molar-refractivity contribution < 1.29 is 12.3 Å². The molecular formula is C2H10FNO2S. The van der Waals surface area contributed by atoms with Crippen LogP contribution in [0.1, 0.15) is 7.43 Å². The van der Waals surface area contributed by atoms with Gasteiger partial charge in [0, 0.05) is 0 Å². The van der Waals surface area contributed by atoms with Gasteiger partial charge in [0.2, 0.25) is 0 Å². The number of rotatable bonds is 1. The third kappa shape index (κ3) is 24.0. The topological polar surface area (TPSA) is 61.3 Å². The Kier molecular flexibility index (Phi) is 21.1. The summed E-state index contributed by atoms with van der Waals surface area (Å²) < 4.78 is 23.3. The molecule has 0 rings (SSSR count). The fourth-order valence-electron chi connectivity index (χ4n) is 0. The van der Waals surface area contributed by atoms with Gasteiger partial charge < -0.3 is 6.15 Å². The molecule has 0 saturated heterocycles. The van der Waals surface area contributed by atoms with E-state index in [2.05, 4.69) is 4.18 Å². The Morgan fingerprint density at radius 3 is 1.86 bits per heavy atom. The van der Waals surface area contributed by atoms with Crippen molar-refractivity contribution in [1.82, 2.24) is 6.15 Å². The van der Waals surface area contributed by atoms with Gasteiger partial charge in [-0.15, -0.1) is 3.89 Å². The summed E-state index contributed by atoms with van der Waals surface area (Å²) in [6.07, 6.45) is 0. The molecule has 0 saturated carbocycles. The van der Waals surface area contributed by atoms with Crippen LogP contribution in [0.25, 0.3) is 0 Å². The molecule has 0 fully saturated rings. The fourth-order valence-corrected chi connectivity index (χ4v) is 0. The zero-order valence-electron chi connectivity index (χ0n) is 3.31.